The van der Waals surface area contributed by atoms with Gasteiger partial charge in [0.15, 0.2) is 11.6 Å². The van der Waals surface area contributed by atoms with E-state index in [4.69, 9.17) is 4.74 Å². The molecule has 18 heavy (non-hydrogen) atoms. The molecule has 0 saturated carbocycles. The van der Waals surface area contributed by atoms with E-state index in [1.807, 2.05) is 0 Å². The summed E-state index contributed by atoms with van der Waals surface area (Å²) in [7, 11) is 0. The molecule has 0 amide bonds. The molecule has 0 heterocycles. The third-order valence-electron chi connectivity index (χ3n) is 2.58. The summed E-state index contributed by atoms with van der Waals surface area (Å²) in [5, 5.41) is 3.33. The summed E-state index contributed by atoms with van der Waals surface area (Å²) in [6, 6.07) is 3.61. The lowest BCUT2D eigenvalue weighted by atomic mass is 10.2. The second kappa shape index (κ2) is 8.86. The smallest absolute Gasteiger partial charge is 0.162 e. The van der Waals surface area contributed by atoms with Gasteiger partial charge in [-0.2, -0.15) is 0 Å². The Labute approximate surface area is 107 Å². The molecule has 0 aromatic heterocycles. The van der Waals surface area contributed by atoms with Gasteiger partial charge in [0.1, 0.15) is 5.75 Å². The number of unbranched alkanes of at least 4 members (excludes halogenated alkanes) is 2. The minimum absolute atomic E-state index is 0.387. The number of rotatable bonds is 9. The molecule has 0 atom stereocenters. The zero-order chi connectivity index (χ0) is 13.2. The van der Waals surface area contributed by atoms with E-state index in [9.17, 15) is 8.78 Å². The SMILES string of the molecule is CCCNCCCCCOc1ccc(F)c(F)c1. The second-order valence-corrected chi connectivity index (χ2v) is 4.24. The minimum Gasteiger partial charge on any atom is -0.493 e. The Hall–Kier alpha value is -1.16. The van der Waals surface area contributed by atoms with Crippen molar-refractivity contribution in [1.82, 2.24) is 5.32 Å². The fourth-order valence-electron chi connectivity index (χ4n) is 1.59. The average Bonchev–Trinajstić information content (AvgIpc) is 2.37. The first kappa shape index (κ1) is 14.9. The first-order chi connectivity index (χ1) is 8.74. The fourth-order valence-corrected chi connectivity index (χ4v) is 1.59. The molecule has 1 N–H and O–H groups in total. The highest BCUT2D eigenvalue weighted by molar-refractivity contribution is 5.23. The van der Waals surface area contributed by atoms with Crippen LogP contribution in [0.5, 0.6) is 5.75 Å². The van der Waals surface area contributed by atoms with E-state index in [0.29, 0.717) is 12.4 Å². The van der Waals surface area contributed by atoms with Crippen LogP contribution in [0.15, 0.2) is 18.2 Å². The first-order valence-electron chi connectivity index (χ1n) is 6.52. The summed E-state index contributed by atoms with van der Waals surface area (Å²) in [4.78, 5) is 0. The average molecular weight is 257 g/mol. The molecule has 0 aliphatic heterocycles. The lowest BCUT2D eigenvalue weighted by molar-refractivity contribution is 0.302. The van der Waals surface area contributed by atoms with E-state index in [1.54, 1.807) is 0 Å². The Balaban J connectivity index is 2.05. The van der Waals surface area contributed by atoms with Crippen LogP contribution < -0.4 is 10.1 Å². The number of hydrogen-bond donors (Lipinski definition) is 1. The van der Waals surface area contributed by atoms with Gasteiger partial charge in [-0.3, -0.25) is 0 Å². The molecule has 0 fully saturated rings. The number of nitrogens with one attached hydrogen (secondary N) is 1. The maximum Gasteiger partial charge on any atom is 0.162 e. The number of hydrogen-bond acceptors (Lipinski definition) is 2. The largest absolute Gasteiger partial charge is 0.493 e. The van der Waals surface area contributed by atoms with E-state index >= 15 is 0 Å². The molecule has 1 aromatic rings. The third kappa shape index (κ3) is 5.96. The van der Waals surface area contributed by atoms with Crippen LogP contribution in [-0.2, 0) is 0 Å². The highest BCUT2D eigenvalue weighted by Gasteiger charge is 2.02. The van der Waals surface area contributed by atoms with Crippen LogP contribution in [0.4, 0.5) is 8.78 Å². The molecular formula is C14H21F2NO. The lowest BCUT2D eigenvalue weighted by Crippen LogP contribution is -2.15. The van der Waals surface area contributed by atoms with E-state index in [2.05, 4.69) is 12.2 Å². The summed E-state index contributed by atoms with van der Waals surface area (Å²) >= 11 is 0. The van der Waals surface area contributed by atoms with Crippen LogP contribution in [0.1, 0.15) is 32.6 Å². The zero-order valence-corrected chi connectivity index (χ0v) is 10.8. The van der Waals surface area contributed by atoms with Crippen molar-refractivity contribution in [2.75, 3.05) is 19.7 Å². The van der Waals surface area contributed by atoms with Gasteiger partial charge in [0.05, 0.1) is 6.61 Å². The van der Waals surface area contributed by atoms with Gasteiger partial charge in [-0.05, 0) is 50.9 Å². The van der Waals surface area contributed by atoms with Gasteiger partial charge in [0.2, 0.25) is 0 Å². The van der Waals surface area contributed by atoms with Crippen LogP contribution in [0.3, 0.4) is 0 Å². The van der Waals surface area contributed by atoms with E-state index in [-0.39, 0.29) is 0 Å². The zero-order valence-electron chi connectivity index (χ0n) is 10.8. The molecule has 0 aliphatic rings. The molecule has 0 radical (unpaired) electrons. The predicted octanol–water partition coefficient (Wildman–Crippen LogP) is 3.51. The topological polar surface area (TPSA) is 21.3 Å². The standard InChI is InChI=1S/C14H21F2NO/c1-2-8-17-9-4-3-5-10-18-12-6-7-13(15)14(16)11-12/h6-7,11,17H,2-5,8-10H2,1H3. The van der Waals surface area contributed by atoms with Crippen molar-refractivity contribution in [1.29, 1.82) is 0 Å². The predicted molar refractivity (Wildman–Crippen MR) is 68.9 cm³/mol. The summed E-state index contributed by atoms with van der Waals surface area (Å²) in [6.07, 6.45) is 4.26. The Morgan fingerprint density at radius 1 is 1.06 bits per heavy atom. The first-order valence-corrected chi connectivity index (χ1v) is 6.52. The van der Waals surface area contributed by atoms with Crippen molar-refractivity contribution >= 4 is 0 Å². The van der Waals surface area contributed by atoms with Crippen molar-refractivity contribution in [3.63, 3.8) is 0 Å². The molecular weight excluding hydrogens is 236 g/mol. The van der Waals surface area contributed by atoms with Gasteiger partial charge in [-0.25, -0.2) is 8.78 Å². The van der Waals surface area contributed by atoms with E-state index < -0.39 is 11.6 Å². The van der Waals surface area contributed by atoms with Crippen molar-refractivity contribution in [2.24, 2.45) is 0 Å². The van der Waals surface area contributed by atoms with Crippen molar-refractivity contribution < 1.29 is 13.5 Å². The van der Waals surface area contributed by atoms with E-state index in [1.165, 1.54) is 6.07 Å². The molecule has 0 unspecified atom stereocenters. The molecule has 2 nitrogen and oxygen atoms in total. The number of ether oxygens (including phenoxy) is 1. The summed E-state index contributed by atoms with van der Waals surface area (Å²) < 4.78 is 30.9. The van der Waals surface area contributed by atoms with E-state index in [0.717, 1.165) is 50.9 Å². The van der Waals surface area contributed by atoms with Crippen molar-refractivity contribution in [2.45, 2.75) is 32.6 Å². The molecule has 4 heteroatoms. The molecule has 0 aliphatic carbocycles. The highest BCUT2D eigenvalue weighted by atomic mass is 19.2. The van der Waals surface area contributed by atoms with Crippen LogP contribution in [0.25, 0.3) is 0 Å². The van der Waals surface area contributed by atoms with Crippen LogP contribution in [0.2, 0.25) is 0 Å². The number of benzene rings is 1. The van der Waals surface area contributed by atoms with Gasteiger partial charge < -0.3 is 10.1 Å². The monoisotopic (exact) mass is 257 g/mol. The Kier molecular flexibility index (Phi) is 7.34. The Bertz CT molecular complexity index is 345. The summed E-state index contributed by atoms with van der Waals surface area (Å²) in [6.45, 7) is 4.77. The minimum atomic E-state index is -0.865. The summed E-state index contributed by atoms with van der Waals surface area (Å²) in [5.74, 6) is -1.32. The Morgan fingerprint density at radius 3 is 2.61 bits per heavy atom. The van der Waals surface area contributed by atoms with Crippen molar-refractivity contribution in [3.8, 4) is 5.75 Å². The maximum absolute atomic E-state index is 12.9. The van der Waals surface area contributed by atoms with Gasteiger partial charge in [0.25, 0.3) is 0 Å². The van der Waals surface area contributed by atoms with Gasteiger partial charge in [-0.15, -0.1) is 0 Å². The quantitative estimate of drug-likeness (QED) is 0.683. The molecule has 102 valence electrons. The molecule has 0 bridgehead atoms. The van der Waals surface area contributed by atoms with Gasteiger partial charge >= 0.3 is 0 Å². The lowest BCUT2D eigenvalue weighted by Gasteiger charge is -2.06. The fraction of sp³-hybridized carbons (Fsp3) is 0.571. The van der Waals surface area contributed by atoms with Crippen LogP contribution >= 0.6 is 0 Å². The van der Waals surface area contributed by atoms with Crippen molar-refractivity contribution in [3.05, 3.63) is 29.8 Å². The maximum atomic E-state index is 12.9. The van der Waals surface area contributed by atoms with Gasteiger partial charge in [0, 0.05) is 6.07 Å². The van der Waals surface area contributed by atoms with Crippen LogP contribution in [-0.4, -0.2) is 19.7 Å². The molecule has 1 rings (SSSR count). The molecule has 0 spiro atoms. The summed E-state index contributed by atoms with van der Waals surface area (Å²) in [5.41, 5.74) is 0. The third-order valence-corrected chi connectivity index (χ3v) is 2.58. The number of halogens is 2. The second-order valence-electron chi connectivity index (χ2n) is 4.24. The Morgan fingerprint density at radius 2 is 1.89 bits per heavy atom. The highest BCUT2D eigenvalue weighted by Crippen LogP contribution is 2.15. The molecule has 0 saturated heterocycles. The normalized spacial score (nSPS) is 10.6. The van der Waals surface area contributed by atoms with Crippen LogP contribution in [0, 0.1) is 11.6 Å². The molecule has 1 aromatic carbocycles. The van der Waals surface area contributed by atoms with Gasteiger partial charge in [-0.1, -0.05) is 6.92 Å².